The molecule has 1 saturated carbocycles. The second kappa shape index (κ2) is 7.22. The molecule has 1 aliphatic carbocycles. The Bertz CT molecular complexity index is 629. The molecule has 1 aromatic carbocycles. The molecule has 128 valence electrons. The van der Waals surface area contributed by atoms with Gasteiger partial charge in [-0.15, -0.1) is 0 Å². The molecule has 0 bridgehead atoms. The minimum atomic E-state index is -2.87. The largest absolute Gasteiger partial charge is 0.489 e. The minimum Gasteiger partial charge on any atom is -0.489 e. The van der Waals surface area contributed by atoms with Crippen molar-refractivity contribution >= 4 is 9.84 Å². The number of hydrogen-bond donors (Lipinski definition) is 1. The van der Waals surface area contributed by atoms with E-state index in [4.69, 9.17) is 4.74 Å². The predicted octanol–water partition coefficient (Wildman–Crippen LogP) is 2.85. The molecule has 5 heteroatoms. The standard InChI is InChI=1S/C18H27NO3S/c1-14-6-4-8-16(12-14)22-18-10-3-2-9-17(18)19-15-7-5-11-23(20,21)13-15/h4,6,8,12,15,17-19H,2-3,5,7,9-11,13H2,1H3. The van der Waals surface area contributed by atoms with E-state index in [0.717, 1.165) is 31.4 Å². The van der Waals surface area contributed by atoms with Crippen LogP contribution in [0.3, 0.4) is 0 Å². The van der Waals surface area contributed by atoms with Crippen molar-refractivity contribution in [3.63, 3.8) is 0 Å². The van der Waals surface area contributed by atoms with Gasteiger partial charge in [0.15, 0.2) is 9.84 Å². The van der Waals surface area contributed by atoms with Gasteiger partial charge in [-0.3, -0.25) is 0 Å². The molecule has 2 fully saturated rings. The summed E-state index contributed by atoms with van der Waals surface area (Å²) in [6, 6.07) is 8.49. The summed E-state index contributed by atoms with van der Waals surface area (Å²) in [5.74, 6) is 1.54. The van der Waals surface area contributed by atoms with Crippen molar-refractivity contribution in [2.24, 2.45) is 0 Å². The summed E-state index contributed by atoms with van der Waals surface area (Å²) in [4.78, 5) is 0. The Balaban J connectivity index is 1.64. The summed E-state index contributed by atoms with van der Waals surface area (Å²) in [5, 5.41) is 3.59. The summed E-state index contributed by atoms with van der Waals surface area (Å²) in [5.41, 5.74) is 1.20. The van der Waals surface area contributed by atoms with Gasteiger partial charge in [0.2, 0.25) is 0 Å². The van der Waals surface area contributed by atoms with Crippen molar-refractivity contribution in [2.75, 3.05) is 11.5 Å². The van der Waals surface area contributed by atoms with Crippen molar-refractivity contribution in [3.05, 3.63) is 29.8 Å². The Labute approximate surface area is 139 Å². The minimum absolute atomic E-state index is 0.0838. The van der Waals surface area contributed by atoms with Crippen LogP contribution in [-0.2, 0) is 9.84 Å². The van der Waals surface area contributed by atoms with Crippen LogP contribution in [0, 0.1) is 6.92 Å². The van der Waals surface area contributed by atoms with E-state index in [1.54, 1.807) is 0 Å². The third-order valence-electron chi connectivity index (χ3n) is 4.89. The molecule has 3 rings (SSSR count). The lowest BCUT2D eigenvalue weighted by molar-refractivity contribution is 0.107. The molecule has 0 aromatic heterocycles. The van der Waals surface area contributed by atoms with Crippen LogP contribution < -0.4 is 10.1 Å². The molecule has 4 nitrogen and oxygen atoms in total. The highest BCUT2D eigenvalue weighted by molar-refractivity contribution is 7.91. The number of benzene rings is 1. The van der Waals surface area contributed by atoms with Crippen LogP contribution in [0.5, 0.6) is 5.75 Å². The molecule has 1 aromatic rings. The summed E-state index contributed by atoms with van der Waals surface area (Å²) < 4.78 is 29.9. The van der Waals surface area contributed by atoms with Gasteiger partial charge in [-0.25, -0.2) is 8.42 Å². The molecular weight excluding hydrogens is 310 g/mol. The Morgan fingerprint density at radius 2 is 1.96 bits per heavy atom. The van der Waals surface area contributed by atoms with Crippen molar-refractivity contribution in [3.8, 4) is 5.75 Å². The third-order valence-corrected chi connectivity index (χ3v) is 6.71. The van der Waals surface area contributed by atoms with E-state index in [0.29, 0.717) is 5.75 Å². The van der Waals surface area contributed by atoms with Gasteiger partial charge in [-0.1, -0.05) is 18.6 Å². The summed E-state index contributed by atoms with van der Waals surface area (Å²) in [7, 11) is -2.87. The normalized spacial score (nSPS) is 30.7. The first kappa shape index (κ1) is 16.8. The number of sulfone groups is 1. The van der Waals surface area contributed by atoms with E-state index in [2.05, 4.69) is 24.4 Å². The highest BCUT2D eigenvalue weighted by Crippen LogP contribution is 2.26. The van der Waals surface area contributed by atoms with Crippen LogP contribution >= 0.6 is 0 Å². The lowest BCUT2D eigenvalue weighted by Gasteiger charge is -2.36. The Hall–Kier alpha value is -1.07. The fourth-order valence-electron chi connectivity index (χ4n) is 3.75. The molecule has 0 amide bonds. The summed E-state index contributed by atoms with van der Waals surface area (Å²) in [6.07, 6.45) is 6.32. The van der Waals surface area contributed by atoms with Crippen molar-refractivity contribution < 1.29 is 13.2 Å². The van der Waals surface area contributed by atoms with Gasteiger partial charge in [-0.05, 0) is 56.7 Å². The first-order valence-electron chi connectivity index (χ1n) is 8.72. The van der Waals surface area contributed by atoms with E-state index in [-0.39, 0.29) is 23.9 Å². The Morgan fingerprint density at radius 1 is 1.13 bits per heavy atom. The van der Waals surface area contributed by atoms with Crippen LogP contribution in [0.2, 0.25) is 0 Å². The molecular formula is C18H27NO3S. The average Bonchev–Trinajstić information content (AvgIpc) is 2.48. The second-order valence-electron chi connectivity index (χ2n) is 6.98. The molecule has 3 unspecified atom stereocenters. The topological polar surface area (TPSA) is 55.4 Å². The highest BCUT2D eigenvalue weighted by atomic mass is 32.2. The zero-order valence-electron chi connectivity index (χ0n) is 13.8. The van der Waals surface area contributed by atoms with Crippen molar-refractivity contribution in [1.29, 1.82) is 0 Å². The first-order chi connectivity index (χ1) is 11.0. The maximum absolute atomic E-state index is 11.8. The van der Waals surface area contributed by atoms with E-state index in [1.807, 2.05) is 12.1 Å². The zero-order chi connectivity index (χ0) is 16.3. The Kier molecular flexibility index (Phi) is 5.27. The van der Waals surface area contributed by atoms with Gasteiger partial charge in [-0.2, -0.15) is 0 Å². The number of aryl methyl sites for hydroxylation is 1. The molecule has 3 atom stereocenters. The molecule has 2 aliphatic rings. The summed E-state index contributed by atoms with van der Waals surface area (Å²) in [6.45, 7) is 2.07. The predicted molar refractivity (Wildman–Crippen MR) is 92.7 cm³/mol. The second-order valence-corrected chi connectivity index (χ2v) is 9.21. The van der Waals surface area contributed by atoms with E-state index in [1.165, 1.54) is 18.4 Å². The van der Waals surface area contributed by atoms with Crippen molar-refractivity contribution in [1.82, 2.24) is 5.32 Å². The maximum Gasteiger partial charge on any atom is 0.151 e. The molecule has 0 radical (unpaired) electrons. The van der Waals surface area contributed by atoms with Crippen LogP contribution in [0.1, 0.15) is 44.1 Å². The quantitative estimate of drug-likeness (QED) is 0.918. The van der Waals surface area contributed by atoms with Gasteiger partial charge >= 0.3 is 0 Å². The summed E-state index contributed by atoms with van der Waals surface area (Å²) >= 11 is 0. The van der Waals surface area contributed by atoms with Gasteiger partial charge in [0.05, 0.1) is 11.5 Å². The maximum atomic E-state index is 11.8. The molecule has 1 heterocycles. The fourth-order valence-corrected chi connectivity index (χ4v) is 5.40. The third kappa shape index (κ3) is 4.70. The highest BCUT2D eigenvalue weighted by Gasteiger charge is 2.32. The van der Waals surface area contributed by atoms with E-state index >= 15 is 0 Å². The SMILES string of the molecule is Cc1cccc(OC2CCCCC2NC2CCCS(=O)(=O)C2)c1. The van der Waals surface area contributed by atoms with E-state index < -0.39 is 9.84 Å². The lowest BCUT2D eigenvalue weighted by Crippen LogP contribution is -2.52. The van der Waals surface area contributed by atoms with Gasteiger partial charge in [0.1, 0.15) is 11.9 Å². The van der Waals surface area contributed by atoms with E-state index in [9.17, 15) is 8.42 Å². The number of nitrogens with one attached hydrogen (secondary N) is 1. The van der Waals surface area contributed by atoms with Crippen LogP contribution in [0.15, 0.2) is 24.3 Å². The van der Waals surface area contributed by atoms with Crippen LogP contribution in [0.4, 0.5) is 0 Å². The molecule has 0 spiro atoms. The van der Waals surface area contributed by atoms with Crippen molar-refractivity contribution in [2.45, 2.75) is 63.6 Å². The smallest absolute Gasteiger partial charge is 0.151 e. The molecule has 1 aliphatic heterocycles. The Morgan fingerprint density at radius 3 is 2.74 bits per heavy atom. The molecule has 23 heavy (non-hydrogen) atoms. The fraction of sp³-hybridized carbons (Fsp3) is 0.667. The number of ether oxygens (including phenoxy) is 1. The van der Waals surface area contributed by atoms with Crippen LogP contribution in [0.25, 0.3) is 0 Å². The molecule has 1 saturated heterocycles. The van der Waals surface area contributed by atoms with Gasteiger partial charge in [0, 0.05) is 12.1 Å². The van der Waals surface area contributed by atoms with Gasteiger partial charge in [0.25, 0.3) is 0 Å². The van der Waals surface area contributed by atoms with Gasteiger partial charge < -0.3 is 10.1 Å². The zero-order valence-corrected chi connectivity index (χ0v) is 14.6. The van der Waals surface area contributed by atoms with Crippen LogP contribution in [-0.4, -0.2) is 38.1 Å². The first-order valence-corrected chi connectivity index (χ1v) is 10.5. The average molecular weight is 337 g/mol. The lowest BCUT2D eigenvalue weighted by atomic mass is 9.91. The number of rotatable bonds is 4. The number of hydrogen-bond acceptors (Lipinski definition) is 4. The monoisotopic (exact) mass is 337 g/mol. The molecule has 1 N–H and O–H groups in total.